The first-order valence-electron chi connectivity index (χ1n) is 7.23. The summed E-state index contributed by atoms with van der Waals surface area (Å²) in [5, 5.41) is 13.2. The van der Waals surface area contributed by atoms with Crippen LogP contribution in [-0.2, 0) is 4.79 Å². The zero-order valence-corrected chi connectivity index (χ0v) is 11.2. The largest absolute Gasteiger partial charge is 0.389 e. The number of carbonyl (C=O) groups is 1. The number of amides is 1. The van der Waals surface area contributed by atoms with Gasteiger partial charge in [-0.05, 0) is 57.0 Å². The van der Waals surface area contributed by atoms with Gasteiger partial charge in [0.15, 0.2) is 0 Å². The van der Waals surface area contributed by atoms with Crippen LogP contribution in [0.5, 0.6) is 0 Å². The van der Waals surface area contributed by atoms with Crippen LogP contribution in [0.15, 0.2) is 0 Å². The van der Waals surface area contributed by atoms with Crippen LogP contribution < -0.4 is 5.32 Å². The molecule has 3 aliphatic rings. The molecule has 4 heteroatoms. The fourth-order valence-electron chi connectivity index (χ4n) is 3.67. The molecule has 2 aliphatic carbocycles. The van der Waals surface area contributed by atoms with E-state index in [1.54, 1.807) is 6.92 Å². The summed E-state index contributed by atoms with van der Waals surface area (Å²) in [7, 11) is 0. The average molecular weight is 252 g/mol. The first-order valence-corrected chi connectivity index (χ1v) is 7.23. The van der Waals surface area contributed by atoms with Crippen molar-refractivity contribution < 1.29 is 9.90 Å². The van der Waals surface area contributed by atoms with Crippen molar-refractivity contribution in [2.45, 2.75) is 57.1 Å². The highest BCUT2D eigenvalue weighted by atomic mass is 16.3. The first-order chi connectivity index (χ1) is 8.51. The van der Waals surface area contributed by atoms with Gasteiger partial charge in [-0.2, -0.15) is 0 Å². The summed E-state index contributed by atoms with van der Waals surface area (Å²) in [5.74, 6) is 0.100. The fourth-order valence-corrected chi connectivity index (χ4v) is 3.67. The van der Waals surface area contributed by atoms with Crippen LogP contribution in [0, 0.1) is 5.41 Å². The molecule has 3 rings (SSSR count). The molecule has 2 N–H and O–H groups in total. The summed E-state index contributed by atoms with van der Waals surface area (Å²) in [6, 6.07) is 0.420. The van der Waals surface area contributed by atoms with Gasteiger partial charge in [0.1, 0.15) is 0 Å². The number of carbonyl (C=O) groups excluding carboxylic acids is 1. The lowest BCUT2D eigenvalue weighted by Gasteiger charge is -2.43. The zero-order valence-electron chi connectivity index (χ0n) is 11.2. The highest BCUT2D eigenvalue weighted by molar-refractivity contribution is 5.73. The van der Waals surface area contributed by atoms with Gasteiger partial charge in [0.05, 0.1) is 5.60 Å². The van der Waals surface area contributed by atoms with E-state index in [0.717, 1.165) is 38.9 Å². The summed E-state index contributed by atoms with van der Waals surface area (Å²) < 4.78 is 0. The first kappa shape index (κ1) is 12.4. The number of hydrogen-bond donors (Lipinski definition) is 2. The number of nitrogens with zero attached hydrogens (tertiary/aromatic N) is 1. The van der Waals surface area contributed by atoms with Crippen molar-refractivity contribution in [1.82, 2.24) is 10.2 Å². The Labute approximate surface area is 109 Å². The Morgan fingerprint density at radius 3 is 2.50 bits per heavy atom. The van der Waals surface area contributed by atoms with E-state index in [9.17, 15) is 9.90 Å². The number of hydrogen-bond acceptors (Lipinski definition) is 3. The normalized spacial score (nSPS) is 32.9. The van der Waals surface area contributed by atoms with Crippen molar-refractivity contribution >= 4 is 5.91 Å². The monoisotopic (exact) mass is 252 g/mol. The minimum atomic E-state index is -0.384. The number of β-amino-alcohol motifs (C(OH)–C–C–N with tert-alkyl or cyclic N) is 1. The number of nitrogens with one attached hydrogen (secondary N) is 1. The minimum Gasteiger partial charge on any atom is -0.389 e. The van der Waals surface area contributed by atoms with E-state index >= 15 is 0 Å². The van der Waals surface area contributed by atoms with E-state index in [1.807, 2.05) is 0 Å². The maximum Gasteiger partial charge on any atom is 0.217 e. The van der Waals surface area contributed by atoms with E-state index in [4.69, 9.17) is 0 Å². The quantitative estimate of drug-likeness (QED) is 0.784. The molecule has 2 saturated carbocycles. The number of aliphatic hydroxyl groups is 1. The molecule has 1 amide bonds. The second kappa shape index (κ2) is 4.20. The predicted octanol–water partition coefficient (Wildman–Crippen LogP) is 0.892. The third-order valence-corrected chi connectivity index (χ3v) is 5.22. The van der Waals surface area contributed by atoms with E-state index in [-0.39, 0.29) is 11.5 Å². The Kier molecular flexibility index (Phi) is 2.90. The molecule has 18 heavy (non-hydrogen) atoms. The number of rotatable bonds is 3. The second-order valence-electron chi connectivity index (χ2n) is 6.67. The Morgan fingerprint density at radius 2 is 2.00 bits per heavy atom. The molecule has 3 fully saturated rings. The van der Waals surface area contributed by atoms with Crippen molar-refractivity contribution in [3.05, 3.63) is 0 Å². The molecule has 0 aromatic carbocycles. The summed E-state index contributed by atoms with van der Waals surface area (Å²) in [4.78, 5) is 13.5. The number of likely N-dealkylation sites (tertiary alicyclic amines) is 1. The van der Waals surface area contributed by atoms with E-state index in [0.29, 0.717) is 11.5 Å². The summed E-state index contributed by atoms with van der Waals surface area (Å²) in [5.41, 5.74) is 0.00942. The molecule has 1 heterocycles. The topological polar surface area (TPSA) is 52.6 Å². The van der Waals surface area contributed by atoms with Gasteiger partial charge in [-0.25, -0.2) is 0 Å². The molecule has 102 valence electrons. The van der Waals surface area contributed by atoms with Crippen LogP contribution in [0.1, 0.15) is 45.4 Å². The highest BCUT2D eigenvalue weighted by Crippen LogP contribution is 2.54. The molecule has 1 saturated heterocycles. The van der Waals surface area contributed by atoms with Crippen molar-refractivity contribution in [2.75, 3.05) is 19.6 Å². The minimum absolute atomic E-state index is 0.100. The average Bonchev–Trinajstić information content (AvgIpc) is 2.92. The van der Waals surface area contributed by atoms with Crippen LogP contribution in [-0.4, -0.2) is 47.2 Å². The Hall–Kier alpha value is -0.610. The van der Waals surface area contributed by atoms with E-state index in [2.05, 4.69) is 10.2 Å². The summed E-state index contributed by atoms with van der Waals surface area (Å²) in [6.45, 7) is 4.62. The summed E-state index contributed by atoms with van der Waals surface area (Å²) in [6.07, 6.45) is 6.64. The summed E-state index contributed by atoms with van der Waals surface area (Å²) >= 11 is 0. The van der Waals surface area contributed by atoms with Crippen molar-refractivity contribution in [2.24, 2.45) is 5.41 Å². The van der Waals surface area contributed by atoms with Crippen LogP contribution in [0.3, 0.4) is 0 Å². The molecule has 1 spiro atoms. The molecular formula is C14H24N2O2. The SMILES string of the molecule is CC(=O)NC1CC12CCN(CC1(O)CCC1)CC2. The molecule has 1 aliphatic heterocycles. The standard InChI is InChI=1S/C14H24N2O2/c1-11(17)15-12-9-13(12)5-7-16(8-6-13)10-14(18)3-2-4-14/h12,18H,2-10H2,1H3,(H,15,17). The highest BCUT2D eigenvalue weighted by Gasteiger charge is 2.55. The smallest absolute Gasteiger partial charge is 0.217 e. The molecule has 4 nitrogen and oxygen atoms in total. The maximum atomic E-state index is 11.1. The van der Waals surface area contributed by atoms with E-state index in [1.165, 1.54) is 19.3 Å². The Balaban J connectivity index is 1.46. The fraction of sp³-hybridized carbons (Fsp3) is 0.929. The Bertz CT molecular complexity index is 344. The van der Waals surface area contributed by atoms with E-state index < -0.39 is 0 Å². The van der Waals surface area contributed by atoms with Crippen LogP contribution in [0.2, 0.25) is 0 Å². The zero-order chi connectivity index (χ0) is 12.8. The molecule has 0 radical (unpaired) electrons. The lowest BCUT2D eigenvalue weighted by Crippen LogP contribution is -2.50. The van der Waals surface area contributed by atoms with Gasteiger partial charge in [-0.15, -0.1) is 0 Å². The van der Waals surface area contributed by atoms with Crippen LogP contribution in [0.25, 0.3) is 0 Å². The van der Waals surface area contributed by atoms with Gasteiger partial charge in [0, 0.05) is 19.5 Å². The second-order valence-corrected chi connectivity index (χ2v) is 6.67. The van der Waals surface area contributed by atoms with Crippen LogP contribution in [0.4, 0.5) is 0 Å². The predicted molar refractivity (Wildman–Crippen MR) is 69.1 cm³/mol. The Morgan fingerprint density at radius 1 is 1.33 bits per heavy atom. The van der Waals surface area contributed by atoms with Crippen LogP contribution >= 0.6 is 0 Å². The number of piperidine rings is 1. The lowest BCUT2D eigenvalue weighted by atomic mass is 9.79. The van der Waals surface area contributed by atoms with Gasteiger partial charge in [0.2, 0.25) is 5.91 Å². The lowest BCUT2D eigenvalue weighted by molar-refractivity contribution is -0.119. The maximum absolute atomic E-state index is 11.1. The van der Waals surface area contributed by atoms with Gasteiger partial charge in [-0.3, -0.25) is 4.79 Å². The molecular weight excluding hydrogens is 228 g/mol. The molecule has 1 atom stereocenters. The van der Waals surface area contributed by atoms with Gasteiger partial charge < -0.3 is 15.3 Å². The molecule has 0 aromatic heterocycles. The molecule has 0 aromatic rings. The third kappa shape index (κ3) is 2.28. The van der Waals surface area contributed by atoms with Gasteiger partial charge in [0.25, 0.3) is 0 Å². The van der Waals surface area contributed by atoms with Gasteiger partial charge in [-0.1, -0.05) is 0 Å². The van der Waals surface area contributed by atoms with Gasteiger partial charge >= 0.3 is 0 Å². The van der Waals surface area contributed by atoms with Crippen molar-refractivity contribution in [3.8, 4) is 0 Å². The molecule has 1 unspecified atom stereocenters. The van der Waals surface area contributed by atoms with Crippen molar-refractivity contribution in [1.29, 1.82) is 0 Å². The van der Waals surface area contributed by atoms with Crippen molar-refractivity contribution in [3.63, 3.8) is 0 Å². The molecule has 0 bridgehead atoms. The third-order valence-electron chi connectivity index (χ3n) is 5.22.